The van der Waals surface area contributed by atoms with E-state index < -0.39 is 0 Å². The third-order valence-electron chi connectivity index (χ3n) is 3.02. The van der Waals surface area contributed by atoms with E-state index in [1.165, 1.54) is 12.3 Å². The van der Waals surface area contributed by atoms with Crippen LogP contribution in [-0.4, -0.2) is 37.0 Å². The molecular weight excluding hydrogens is 232 g/mol. The summed E-state index contributed by atoms with van der Waals surface area (Å²) in [4.78, 5) is 22.0. The zero-order chi connectivity index (χ0) is 12.5. The zero-order valence-corrected chi connectivity index (χ0v) is 9.65. The summed E-state index contributed by atoms with van der Waals surface area (Å²) < 4.78 is 2.02. The summed E-state index contributed by atoms with van der Waals surface area (Å²) >= 11 is 0. The van der Waals surface area contributed by atoms with Crippen molar-refractivity contribution >= 4 is 5.91 Å². The van der Waals surface area contributed by atoms with Gasteiger partial charge in [0.1, 0.15) is 11.6 Å². The molecule has 0 aliphatic carbocycles. The van der Waals surface area contributed by atoms with Crippen molar-refractivity contribution in [3.05, 3.63) is 42.2 Å². The molecule has 0 saturated heterocycles. The lowest BCUT2D eigenvalue weighted by Crippen LogP contribution is -2.38. The van der Waals surface area contributed by atoms with Crippen LogP contribution >= 0.6 is 0 Å². The highest BCUT2D eigenvalue weighted by atomic mass is 16.3. The van der Waals surface area contributed by atoms with Crippen LogP contribution in [0.1, 0.15) is 16.3 Å². The van der Waals surface area contributed by atoms with Crippen molar-refractivity contribution in [2.75, 3.05) is 6.54 Å². The van der Waals surface area contributed by atoms with E-state index >= 15 is 0 Å². The van der Waals surface area contributed by atoms with Gasteiger partial charge in [-0.25, -0.2) is 9.97 Å². The number of carbonyl (C=O) groups is 1. The highest BCUT2D eigenvalue weighted by molar-refractivity contribution is 5.94. The Morgan fingerprint density at radius 3 is 3.00 bits per heavy atom. The van der Waals surface area contributed by atoms with Crippen molar-refractivity contribution in [1.29, 1.82) is 0 Å². The van der Waals surface area contributed by atoms with Gasteiger partial charge in [0.25, 0.3) is 5.91 Å². The number of nitrogens with zero attached hydrogens (tertiary/aromatic N) is 4. The summed E-state index contributed by atoms with van der Waals surface area (Å²) in [6.07, 6.45) is 5.12. The lowest BCUT2D eigenvalue weighted by molar-refractivity contribution is 0.0698. The molecule has 1 amide bonds. The van der Waals surface area contributed by atoms with Crippen molar-refractivity contribution in [1.82, 2.24) is 19.4 Å². The third kappa shape index (κ3) is 1.71. The van der Waals surface area contributed by atoms with Gasteiger partial charge in [0.2, 0.25) is 0 Å². The lowest BCUT2D eigenvalue weighted by Gasteiger charge is -2.27. The molecule has 3 rings (SSSR count). The van der Waals surface area contributed by atoms with E-state index in [9.17, 15) is 9.90 Å². The first kappa shape index (κ1) is 10.8. The van der Waals surface area contributed by atoms with Gasteiger partial charge < -0.3 is 14.6 Å². The van der Waals surface area contributed by atoms with Crippen molar-refractivity contribution < 1.29 is 9.90 Å². The van der Waals surface area contributed by atoms with E-state index in [2.05, 4.69) is 9.97 Å². The Balaban J connectivity index is 1.85. The van der Waals surface area contributed by atoms with Crippen LogP contribution in [0.5, 0.6) is 5.75 Å². The molecule has 0 fully saturated rings. The van der Waals surface area contributed by atoms with Gasteiger partial charge in [-0.2, -0.15) is 0 Å². The van der Waals surface area contributed by atoms with Gasteiger partial charge >= 0.3 is 0 Å². The van der Waals surface area contributed by atoms with Crippen LogP contribution in [0.4, 0.5) is 0 Å². The van der Waals surface area contributed by atoms with Gasteiger partial charge in [-0.05, 0) is 12.1 Å². The van der Waals surface area contributed by atoms with Crippen LogP contribution in [0, 0.1) is 0 Å². The van der Waals surface area contributed by atoms with Gasteiger partial charge in [0, 0.05) is 31.7 Å². The number of hydrogen-bond donors (Lipinski definition) is 1. The van der Waals surface area contributed by atoms with Crippen molar-refractivity contribution in [3.8, 4) is 5.75 Å². The Morgan fingerprint density at radius 1 is 1.28 bits per heavy atom. The molecular formula is C12H12N4O2. The fourth-order valence-electron chi connectivity index (χ4n) is 2.06. The standard InChI is InChI=1S/C12H12N4O2/c17-9-2-1-3-14-11(9)12(18)16-7-6-15-5-4-13-10(15)8-16/h1-5,17H,6-8H2. The highest BCUT2D eigenvalue weighted by Crippen LogP contribution is 2.18. The molecule has 0 spiro atoms. The van der Waals surface area contributed by atoms with E-state index in [1.807, 2.05) is 10.8 Å². The van der Waals surface area contributed by atoms with E-state index in [4.69, 9.17) is 0 Å². The van der Waals surface area contributed by atoms with Crippen molar-refractivity contribution in [3.63, 3.8) is 0 Å². The van der Waals surface area contributed by atoms with Crippen LogP contribution in [0.25, 0.3) is 0 Å². The monoisotopic (exact) mass is 244 g/mol. The molecule has 0 saturated carbocycles. The van der Waals surface area contributed by atoms with E-state index in [0.29, 0.717) is 19.6 Å². The van der Waals surface area contributed by atoms with Crippen LogP contribution in [0.3, 0.4) is 0 Å². The smallest absolute Gasteiger partial charge is 0.276 e. The second kappa shape index (κ2) is 4.14. The van der Waals surface area contributed by atoms with Crippen LogP contribution < -0.4 is 0 Å². The minimum atomic E-state index is -0.262. The lowest BCUT2D eigenvalue weighted by atomic mass is 10.2. The fraction of sp³-hybridized carbons (Fsp3) is 0.250. The molecule has 0 bridgehead atoms. The number of hydrogen-bond acceptors (Lipinski definition) is 4. The summed E-state index contributed by atoms with van der Waals surface area (Å²) in [6, 6.07) is 3.06. The van der Waals surface area contributed by atoms with Gasteiger partial charge in [-0.3, -0.25) is 4.79 Å². The largest absolute Gasteiger partial charge is 0.505 e. The Morgan fingerprint density at radius 2 is 2.17 bits per heavy atom. The number of carbonyl (C=O) groups excluding carboxylic acids is 1. The molecule has 6 heteroatoms. The number of imidazole rings is 1. The summed E-state index contributed by atoms with van der Waals surface area (Å²) in [6.45, 7) is 1.76. The molecule has 0 aromatic carbocycles. The fourth-order valence-corrected chi connectivity index (χ4v) is 2.06. The number of fused-ring (bicyclic) bond motifs is 1. The molecule has 0 atom stereocenters. The molecule has 2 aromatic heterocycles. The molecule has 6 nitrogen and oxygen atoms in total. The second-order valence-corrected chi connectivity index (χ2v) is 4.13. The Bertz CT molecular complexity index is 593. The molecule has 18 heavy (non-hydrogen) atoms. The van der Waals surface area contributed by atoms with Gasteiger partial charge in [-0.15, -0.1) is 0 Å². The maximum absolute atomic E-state index is 12.2. The molecule has 0 unspecified atom stereocenters. The summed E-state index contributed by atoms with van der Waals surface area (Å²) in [7, 11) is 0. The number of amides is 1. The second-order valence-electron chi connectivity index (χ2n) is 4.13. The molecule has 2 aromatic rings. The van der Waals surface area contributed by atoms with E-state index in [0.717, 1.165) is 5.82 Å². The summed E-state index contributed by atoms with van der Waals surface area (Å²) in [5.41, 5.74) is 0.0949. The first-order valence-corrected chi connectivity index (χ1v) is 5.69. The SMILES string of the molecule is O=C(c1ncccc1O)N1CCn2ccnc2C1. The predicted molar refractivity (Wildman–Crippen MR) is 62.9 cm³/mol. The van der Waals surface area contributed by atoms with Crippen LogP contribution in [-0.2, 0) is 13.1 Å². The number of rotatable bonds is 1. The average Bonchev–Trinajstić information content (AvgIpc) is 2.85. The molecule has 1 N–H and O–H groups in total. The predicted octanol–water partition coefficient (Wildman–Crippen LogP) is 0.640. The molecule has 92 valence electrons. The highest BCUT2D eigenvalue weighted by Gasteiger charge is 2.24. The Labute approximate surface area is 104 Å². The van der Waals surface area contributed by atoms with Gasteiger partial charge in [-0.1, -0.05) is 0 Å². The maximum Gasteiger partial charge on any atom is 0.276 e. The minimum Gasteiger partial charge on any atom is -0.505 e. The van der Waals surface area contributed by atoms with Crippen LogP contribution in [0.15, 0.2) is 30.7 Å². The van der Waals surface area contributed by atoms with Crippen LogP contribution in [0.2, 0.25) is 0 Å². The Kier molecular flexibility index (Phi) is 2.47. The molecule has 3 heterocycles. The molecule has 1 aliphatic rings. The van der Waals surface area contributed by atoms with Gasteiger partial charge in [0.05, 0.1) is 6.54 Å². The van der Waals surface area contributed by atoms with E-state index in [-0.39, 0.29) is 17.4 Å². The first-order valence-electron chi connectivity index (χ1n) is 5.69. The third-order valence-corrected chi connectivity index (χ3v) is 3.02. The zero-order valence-electron chi connectivity index (χ0n) is 9.65. The van der Waals surface area contributed by atoms with Gasteiger partial charge in [0.15, 0.2) is 5.69 Å². The Hall–Kier alpha value is -2.37. The van der Waals surface area contributed by atoms with Crippen molar-refractivity contribution in [2.24, 2.45) is 0 Å². The van der Waals surface area contributed by atoms with E-state index in [1.54, 1.807) is 17.2 Å². The quantitative estimate of drug-likeness (QED) is 0.799. The maximum atomic E-state index is 12.2. The summed E-state index contributed by atoms with van der Waals surface area (Å²) in [5, 5.41) is 9.64. The summed E-state index contributed by atoms with van der Waals surface area (Å²) in [5.74, 6) is 0.504. The first-order chi connectivity index (χ1) is 8.75. The number of pyridine rings is 1. The average molecular weight is 244 g/mol. The molecule has 0 radical (unpaired) electrons. The van der Waals surface area contributed by atoms with Crippen molar-refractivity contribution in [2.45, 2.75) is 13.1 Å². The number of aromatic nitrogens is 3. The normalized spacial score (nSPS) is 14.3. The number of aromatic hydroxyl groups is 1. The molecule has 1 aliphatic heterocycles. The minimum absolute atomic E-state index is 0.0867. The topological polar surface area (TPSA) is 71.2 Å².